The summed E-state index contributed by atoms with van der Waals surface area (Å²) in [5.74, 6) is 0.0967. The van der Waals surface area contributed by atoms with E-state index in [0.29, 0.717) is 11.7 Å². The number of aromatic nitrogens is 3. The third-order valence-corrected chi connectivity index (χ3v) is 5.82. The summed E-state index contributed by atoms with van der Waals surface area (Å²) >= 11 is 1.26. The molecule has 1 aliphatic carbocycles. The van der Waals surface area contributed by atoms with Crippen LogP contribution in [0, 0.1) is 0 Å². The van der Waals surface area contributed by atoms with Crippen LogP contribution < -0.4 is 11.0 Å². The zero-order valence-corrected chi connectivity index (χ0v) is 15.3. The Labute approximate surface area is 155 Å². The topological polar surface area (TPSA) is 89.0 Å². The van der Waals surface area contributed by atoms with Crippen molar-refractivity contribution in [2.24, 2.45) is 0 Å². The number of nitrogens with one attached hydrogen (secondary N) is 2. The van der Waals surface area contributed by atoms with E-state index in [-0.39, 0.29) is 23.5 Å². The smallest absolute Gasteiger partial charge is 0.344 e. The summed E-state index contributed by atoms with van der Waals surface area (Å²) < 4.78 is 7.15. The lowest BCUT2D eigenvalue weighted by Crippen LogP contribution is -2.25. The third-order valence-electron chi connectivity index (χ3n) is 4.85. The van der Waals surface area contributed by atoms with Gasteiger partial charge >= 0.3 is 5.69 Å². The number of aromatic amines is 1. The minimum absolute atomic E-state index is 0.0462. The maximum absolute atomic E-state index is 12.3. The first-order valence-electron chi connectivity index (χ1n) is 9.00. The lowest BCUT2D eigenvalue weighted by molar-refractivity contribution is -0.113. The number of aryl methyl sites for hydroxylation is 2. The molecule has 2 heterocycles. The molecule has 8 heteroatoms. The zero-order chi connectivity index (χ0) is 17.9. The highest BCUT2D eigenvalue weighted by Crippen LogP contribution is 2.25. The molecule has 1 aliphatic heterocycles. The Morgan fingerprint density at radius 3 is 3.08 bits per heavy atom. The number of carbonyl (C=O) groups excluding carboxylic acids is 1. The summed E-state index contributed by atoms with van der Waals surface area (Å²) in [7, 11) is 0. The predicted octanol–water partition coefficient (Wildman–Crippen LogP) is 1.97. The summed E-state index contributed by atoms with van der Waals surface area (Å²) in [6.07, 6.45) is 5.40. The first kappa shape index (κ1) is 17.4. The van der Waals surface area contributed by atoms with E-state index in [1.54, 1.807) is 4.57 Å². The van der Waals surface area contributed by atoms with E-state index >= 15 is 0 Å². The Morgan fingerprint density at radius 2 is 2.23 bits per heavy atom. The average Bonchev–Trinajstić information content (AvgIpc) is 3.36. The summed E-state index contributed by atoms with van der Waals surface area (Å²) in [4.78, 5) is 24.2. The Hall–Kier alpha value is -2.06. The quantitative estimate of drug-likeness (QED) is 0.755. The van der Waals surface area contributed by atoms with E-state index in [1.165, 1.54) is 29.3 Å². The fourth-order valence-corrected chi connectivity index (χ4v) is 4.30. The molecule has 1 aromatic carbocycles. The van der Waals surface area contributed by atoms with Crippen molar-refractivity contribution < 1.29 is 9.53 Å². The van der Waals surface area contributed by atoms with E-state index in [2.05, 4.69) is 27.6 Å². The Bertz CT molecular complexity index is 854. The standard InChI is InChI=1S/C18H22N4O3S/c23-16(19-14-7-6-12-3-1-4-13(12)9-14)11-26-18-21-20-17(24)22(18)10-15-5-2-8-25-15/h6-7,9,15H,1-5,8,10-11H2,(H,19,23)(H,20,24)/t15-/m0/s1. The molecule has 138 valence electrons. The molecule has 1 fully saturated rings. The lowest BCUT2D eigenvalue weighted by Gasteiger charge is -2.11. The van der Waals surface area contributed by atoms with E-state index in [1.807, 2.05) is 6.07 Å². The van der Waals surface area contributed by atoms with Gasteiger partial charge < -0.3 is 10.1 Å². The van der Waals surface area contributed by atoms with Gasteiger partial charge in [0.15, 0.2) is 5.16 Å². The van der Waals surface area contributed by atoms with Gasteiger partial charge in [0.2, 0.25) is 5.91 Å². The third kappa shape index (κ3) is 3.86. The van der Waals surface area contributed by atoms with Crippen molar-refractivity contribution >= 4 is 23.4 Å². The fourth-order valence-electron chi connectivity index (χ4n) is 3.54. The summed E-state index contributed by atoms with van der Waals surface area (Å²) in [5.41, 5.74) is 3.28. The minimum atomic E-state index is -0.262. The van der Waals surface area contributed by atoms with Gasteiger partial charge in [-0.2, -0.15) is 0 Å². The molecule has 0 radical (unpaired) electrons. The first-order valence-corrected chi connectivity index (χ1v) is 9.99. The lowest BCUT2D eigenvalue weighted by atomic mass is 10.1. The number of rotatable bonds is 6. The summed E-state index contributed by atoms with van der Waals surface area (Å²) in [6.45, 7) is 1.22. The normalized spacial score (nSPS) is 18.8. The minimum Gasteiger partial charge on any atom is -0.376 e. The zero-order valence-electron chi connectivity index (χ0n) is 14.5. The molecule has 1 saturated heterocycles. The molecule has 4 rings (SSSR count). The fraction of sp³-hybridized carbons (Fsp3) is 0.500. The Kier molecular flexibility index (Phi) is 5.12. The molecule has 2 aliphatic rings. The molecule has 2 aromatic rings. The van der Waals surface area contributed by atoms with Crippen LogP contribution in [0.5, 0.6) is 0 Å². The summed E-state index contributed by atoms with van der Waals surface area (Å²) in [6, 6.07) is 6.11. The van der Waals surface area contributed by atoms with Crippen molar-refractivity contribution in [2.75, 3.05) is 17.7 Å². The van der Waals surface area contributed by atoms with Crippen LogP contribution in [0.1, 0.15) is 30.4 Å². The van der Waals surface area contributed by atoms with Crippen LogP contribution in [0.2, 0.25) is 0 Å². The molecule has 26 heavy (non-hydrogen) atoms. The second-order valence-corrected chi connectivity index (χ2v) is 7.67. The van der Waals surface area contributed by atoms with Gasteiger partial charge in [-0.15, -0.1) is 5.10 Å². The first-order chi connectivity index (χ1) is 12.7. The largest absolute Gasteiger partial charge is 0.376 e. The van der Waals surface area contributed by atoms with Gasteiger partial charge in [0.1, 0.15) is 0 Å². The molecule has 1 atom stereocenters. The van der Waals surface area contributed by atoms with Gasteiger partial charge in [-0.05, 0) is 55.4 Å². The maximum Gasteiger partial charge on any atom is 0.344 e. The van der Waals surface area contributed by atoms with Crippen LogP contribution in [0.4, 0.5) is 5.69 Å². The number of benzene rings is 1. The number of ether oxygens (including phenoxy) is 1. The molecular weight excluding hydrogens is 352 g/mol. The number of fused-ring (bicyclic) bond motifs is 1. The van der Waals surface area contributed by atoms with Crippen LogP contribution in [0.25, 0.3) is 0 Å². The van der Waals surface area contributed by atoms with E-state index < -0.39 is 0 Å². The van der Waals surface area contributed by atoms with Crippen LogP contribution in [-0.4, -0.2) is 39.1 Å². The number of carbonyl (C=O) groups is 1. The van der Waals surface area contributed by atoms with Crippen molar-refractivity contribution in [2.45, 2.75) is 49.9 Å². The molecule has 7 nitrogen and oxygen atoms in total. The van der Waals surface area contributed by atoms with Crippen LogP contribution in [0.3, 0.4) is 0 Å². The highest BCUT2D eigenvalue weighted by atomic mass is 32.2. The number of hydrogen-bond acceptors (Lipinski definition) is 5. The van der Waals surface area contributed by atoms with Crippen molar-refractivity contribution in [3.63, 3.8) is 0 Å². The predicted molar refractivity (Wildman–Crippen MR) is 99.6 cm³/mol. The SMILES string of the molecule is O=C(CSc1n[nH]c(=O)n1C[C@@H]1CCCO1)Nc1ccc2c(c1)CCC2. The van der Waals surface area contributed by atoms with Gasteiger partial charge in [-0.3, -0.25) is 9.36 Å². The Balaban J connectivity index is 1.35. The van der Waals surface area contributed by atoms with Crippen LogP contribution >= 0.6 is 11.8 Å². The molecule has 1 aromatic heterocycles. The van der Waals surface area contributed by atoms with Gasteiger partial charge in [0.25, 0.3) is 0 Å². The Morgan fingerprint density at radius 1 is 1.35 bits per heavy atom. The number of thioether (sulfide) groups is 1. The highest BCUT2D eigenvalue weighted by Gasteiger charge is 2.20. The second kappa shape index (κ2) is 7.67. The highest BCUT2D eigenvalue weighted by molar-refractivity contribution is 7.99. The van der Waals surface area contributed by atoms with Gasteiger partial charge in [0.05, 0.1) is 18.4 Å². The molecule has 0 spiro atoms. The maximum atomic E-state index is 12.3. The molecule has 2 N–H and O–H groups in total. The van der Waals surface area contributed by atoms with Crippen molar-refractivity contribution in [3.8, 4) is 0 Å². The van der Waals surface area contributed by atoms with Crippen molar-refractivity contribution in [1.82, 2.24) is 14.8 Å². The number of H-pyrrole nitrogens is 1. The molecule has 0 bridgehead atoms. The number of amides is 1. The van der Waals surface area contributed by atoms with E-state index in [9.17, 15) is 9.59 Å². The van der Waals surface area contributed by atoms with Crippen LogP contribution in [0.15, 0.2) is 28.2 Å². The number of anilines is 1. The van der Waals surface area contributed by atoms with Crippen molar-refractivity contribution in [3.05, 3.63) is 39.8 Å². The summed E-state index contributed by atoms with van der Waals surface area (Å²) in [5, 5.41) is 9.95. The molecular formula is C18H22N4O3S. The average molecular weight is 374 g/mol. The van der Waals surface area contributed by atoms with E-state index in [4.69, 9.17) is 4.74 Å². The van der Waals surface area contributed by atoms with E-state index in [0.717, 1.165) is 38.0 Å². The second-order valence-electron chi connectivity index (χ2n) is 6.73. The number of hydrogen-bond donors (Lipinski definition) is 2. The van der Waals surface area contributed by atoms with Crippen LogP contribution in [-0.2, 0) is 28.9 Å². The monoisotopic (exact) mass is 374 g/mol. The molecule has 0 unspecified atom stereocenters. The van der Waals surface area contributed by atoms with Gasteiger partial charge in [-0.25, -0.2) is 9.89 Å². The molecule has 1 amide bonds. The van der Waals surface area contributed by atoms with Gasteiger partial charge in [-0.1, -0.05) is 17.8 Å². The van der Waals surface area contributed by atoms with Gasteiger partial charge in [0, 0.05) is 12.3 Å². The molecule has 0 saturated carbocycles. The number of nitrogens with zero attached hydrogens (tertiary/aromatic N) is 2. The van der Waals surface area contributed by atoms with Crippen molar-refractivity contribution in [1.29, 1.82) is 0 Å².